The maximum atomic E-state index is 13.5. The first-order valence-corrected chi connectivity index (χ1v) is 7.93. The van der Waals surface area contributed by atoms with E-state index in [1.165, 1.54) is 23.9 Å². The van der Waals surface area contributed by atoms with E-state index >= 15 is 0 Å². The topological polar surface area (TPSA) is 93.2 Å². The van der Waals surface area contributed by atoms with Gasteiger partial charge in [0.25, 0.3) is 0 Å². The average Bonchev–Trinajstić information content (AvgIpc) is 3.01. The number of ether oxygens (including phenoxy) is 1. The molecule has 8 heteroatoms. The summed E-state index contributed by atoms with van der Waals surface area (Å²) in [5, 5.41) is 12.7. The minimum Gasteiger partial charge on any atom is -0.375 e. The molecule has 1 atom stereocenters. The number of pyridine rings is 1. The molecule has 0 bridgehead atoms. The smallest absolute Gasteiger partial charge is 0.235 e. The number of halogens is 1. The molecule has 0 fully saturated rings. The van der Waals surface area contributed by atoms with Gasteiger partial charge in [-0.05, 0) is 18.6 Å². The van der Waals surface area contributed by atoms with Gasteiger partial charge in [0.2, 0.25) is 5.95 Å². The average molecular weight is 353 g/mol. The highest BCUT2D eigenvalue weighted by atomic mass is 19.1. The summed E-state index contributed by atoms with van der Waals surface area (Å²) in [4.78, 5) is 20.6. The summed E-state index contributed by atoms with van der Waals surface area (Å²) >= 11 is 0. The zero-order chi connectivity index (χ0) is 18.7. The third-order valence-corrected chi connectivity index (χ3v) is 4.02. The van der Waals surface area contributed by atoms with Crippen LogP contribution < -0.4 is 0 Å². The molecule has 3 heterocycles. The zero-order valence-electron chi connectivity index (χ0n) is 14.3. The highest BCUT2D eigenvalue weighted by Crippen LogP contribution is 2.22. The minimum atomic E-state index is -0.648. The molecule has 0 N–H and O–H groups in total. The van der Waals surface area contributed by atoms with Gasteiger partial charge in [0.05, 0.1) is 17.4 Å². The number of nitriles is 1. The fourth-order valence-electron chi connectivity index (χ4n) is 2.79. The molecule has 7 nitrogen and oxygen atoms in total. The van der Waals surface area contributed by atoms with Gasteiger partial charge in [-0.1, -0.05) is 0 Å². The van der Waals surface area contributed by atoms with Crippen LogP contribution >= 0.6 is 0 Å². The lowest BCUT2D eigenvalue weighted by Gasteiger charge is -2.16. The summed E-state index contributed by atoms with van der Waals surface area (Å²) in [5.74, 6) is -0.731. The van der Waals surface area contributed by atoms with Crippen molar-refractivity contribution in [3.8, 4) is 6.07 Å². The predicted molar refractivity (Wildman–Crippen MR) is 89.7 cm³/mol. The van der Waals surface area contributed by atoms with E-state index in [1.54, 1.807) is 25.4 Å². The molecule has 0 aliphatic heterocycles. The molecule has 0 saturated heterocycles. The third-order valence-electron chi connectivity index (χ3n) is 4.02. The van der Waals surface area contributed by atoms with E-state index in [9.17, 15) is 9.18 Å². The second kappa shape index (κ2) is 7.37. The van der Waals surface area contributed by atoms with E-state index in [2.05, 4.69) is 15.1 Å². The molecule has 26 heavy (non-hydrogen) atoms. The fraction of sp³-hybridized carbons (Fsp3) is 0.278. The number of Topliss-reactive ketones (excluding diaryl/α,β-unsaturated/α-hetero) is 1. The molecule has 3 rings (SSSR count). The summed E-state index contributed by atoms with van der Waals surface area (Å²) in [6.07, 6.45) is 4.37. The van der Waals surface area contributed by atoms with Crippen molar-refractivity contribution in [3.63, 3.8) is 0 Å². The van der Waals surface area contributed by atoms with Crippen molar-refractivity contribution >= 4 is 11.4 Å². The molecule has 0 aliphatic rings. The lowest BCUT2D eigenvalue weighted by molar-refractivity contribution is -0.117. The Labute approximate surface area is 149 Å². The van der Waals surface area contributed by atoms with Crippen molar-refractivity contribution in [2.75, 3.05) is 7.11 Å². The van der Waals surface area contributed by atoms with E-state index in [4.69, 9.17) is 10.00 Å². The maximum absolute atomic E-state index is 13.5. The summed E-state index contributed by atoms with van der Waals surface area (Å²) in [6.45, 7) is 1.79. The summed E-state index contributed by atoms with van der Waals surface area (Å²) in [7, 11) is 1.53. The number of methoxy groups -OCH3 is 1. The molecule has 0 unspecified atom stereocenters. The molecular weight excluding hydrogens is 337 g/mol. The molecule has 0 spiro atoms. The van der Waals surface area contributed by atoms with Crippen LogP contribution in [-0.4, -0.2) is 32.5 Å². The molecule has 0 aromatic carbocycles. The van der Waals surface area contributed by atoms with Crippen LogP contribution in [-0.2, 0) is 22.4 Å². The van der Waals surface area contributed by atoms with Gasteiger partial charge >= 0.3 is 0 Å². The Kier molecular flexibility index (Phi) is 5.00. The van der Waals surface area contributed by atoms with E-state index in [0.29, 0.717) is 28.0 Å². The van der Waals surface area contributed by atoms with Crippen LogP contribution in [0, 0.1) is 17.3 Å². The number of hydrogen-bond donors (Lipinski definition) is 0. The lowest BCUT2D eigenvalue weighted by atomic mass is 10.0. The number of rotatable bonds is 6. The van der Waals surface area contributed by atoms with Crippen LogP contribution in [0.15, 0.2) is 30.7 Å². The molecule has 0 saturated carbocycles. The standard InChI is InChI=1S/C18H16FN5O2/c1-11(26-2)18-14(10-22-17-6-16(19)23-24(17)18)5-15(25)4-12-3-13(7-20)9-21-8-12/h3,6,8-11H,4-5H2,1-2H3/t11-/m0/s1. The van der Waals surface area contributed by atoms with Gasteiger partial charge in [0, 0.05) is 50.2 Å². The van der Waals surface area contributed by atoms with Crippen molar-refractivity contribution in [1.29, 1.82) is 5.26 Å². The molecule has 0 aliphatic carbocycles. The molecule has 3 aromatic heterocycles. The van der Waals surface area contributed by atoms with Crippen LogP contribution in [0.5, 0.6) is 0 Å². The molecule has 3 aromatic rings. The van der Waals surface area contributed by atoms with Crippen LogP contribution in [0.3, 0.4) is 0 Å². The van der Waals surface area contributed by atoms with Crippen molar-refractivity contribution in [1.82, 2.24) is 19.6 Å². The Morgan fingerprint density at radius 2 is 2.15 bits per heavy atom. The Morgan fingerprint density at radius 3 is 2.88 bits per heavy atom. The lowest BCUT2D eigenvalue weighted by Crippen LogP contribution is -2.15. The second-order valence-electron chi connectivity index (χ2n) is 5.87. The fourth-order valence-corrected chi connectivity index (χ4v) is 2.79. The van der Waals surface area contributed by atoms with Crippen LogP contribution in [0.25, 0.3) is 5.65 Å². The summed E-state index contributed by atoms with van der Waals surface area (Å²) < 4.78 is 20.2. The summed E-state index contributed by atoms with van der Waals surface area (Å²) in [6, 6.07) is 4.85. The van der Waals surface area contributed by atoms with E-state index in [0.717, 1.165) is 0 Å². The van der Waals surface area contributed by atoms with Crippen LogP contribution in [0.4, 0.5) is 4.39 Å². The zero-order valence-corrected chi connectivity index (χ0v) is 14.3. The Hall–Kier alpha value is -3.18. The molecule has 0 radical (unpaired) electrons. The first kappa shape index (κ1) is 17.6. The van der Waals surface area contributed by atoms with Gasteiger partial charge < -0.3 is 4.74 Å². The third kappa shape index (κ3) is 3.58. The van der Waals surface area contributed by atoms with Crippen LogP contribution in [0.2, 0.25) is 0 Å². The number of carbonyl (C=O) groups excluding carboxylic acids is 1. The number of nitrogens with zero attached hydrogens (tertiary/aromatic N) is 5. The summed E-state index contributed by atoms with van der Waals surface area (Å²) in [5.41, 5.74) is 2.61. The number of carbonyl (C=O) groups is 1. The van der Waals surface area contributed by atoms with Crippen LogP contribution in [0.1, 0.15) is 35.4 Å². The van der Waals surface area contributed by atoms with Crippen molar-refractivity contribution < 1.29 is 13.9 Å². The van der Waals surface area contributed by atoms with E-state index in [-0.39, 0.29) is 18.6 Å². The van der Waals surface area contributed by atoms with Crippen molar-refractivity contribution in [2.24, 2.45) is 0 Å². The van der Waals surface area contributed by atoms with E-state index < -0.39 is 12.1 Å². The normalized spacial score (nSPS) is 12.1. The Bertz CT molecular complexity index is 1010. The van der Waals surface area contributed by atoms with Crippen molar-refractivity contribution in [2.45, 2.75) is 25.9 Å². The number of ketones is 1. The number of aromatic nitrogens is 4. The molecular formula is C18H16FN5O2. The predicted octanol–water partition coefficient (Wildman–Crippen LogP) is 2.20. The Balaban J connectivity index is 1.90. The van der Waals surface area contributed by atoms with Gasteiger partial charge in [-0.25, -0.2) is 9.50 Å². The van der Waals surface area contributed by atoms with Crippen molar-refractivity contribution in [3.05, 3.63) is 59.1 Å². The SMILES string of the molecule is CO[C@@H](C)c1c(CC(=O)Cc2cncc(C#N)c2)cnc2cc(F)nn12. The molecule has 0 amide bonds. The second-order valence-corrected chi connectivity index (χ2v) is 5.87. The first-order chi connectivity index (χ1) is 12.5. The van der Waals surface area contributed by atoms with Gasteiger partial charge in [-0.3, -0.25) is 9.78 Å². The van der Waals surface area contributed by atoms with Gasteiger partial charge in [0.1, 0.15) is 11.9 Å². The first-order valence-electron chi connectivity index (χ1n) is 7.93. The van der Waals surface area contributed by atoms with Gasteiger partial charge in [-0.15, -0.1) is 5.10 Å². The minimum absolute atomic E-state index is 0.0831. The highest BCUT2D eigenvalue weighted by molar-refractivity contribution is 5.83. The monoisotopic (exact) mass is 353 g/mol. The van der Waals surface area contributed by atoms with Gasteiger partial charge in [-0.2, -0.15) is 9.65 Å². The number of hydrogen-bond acceptors (Lipinski definition) is 6. The van der Waals surface area contributed by atoms with E-state index in [1.807, 2.05) is 6.07 Å². The quantitative estimate of drug-likeness (QED) is 0.674. The Morgan fingerprint density at radius 1 is 1.35 bits per heavy atom. The largest absolute Gasteiger partial charge is 0.375 e. The van der Waals surface area contributed by atoms with Gasteiger partial charge in [0.15, 0.2) is 5.65 Å². The molecule has 132 valence electrons. The number of fused-ring (bicyclic) bond motifs is 1. The maximum Gasteiger partial charge on any atom is 0.235 e. The highest BCUT2D eigenvalue weighted by Gasteiger charge is 2.19.